The van der Waals surface area contributed by atoms with Gasteiger partial charge in [-0.3, -0.25) is 0 Å². The second-order valence-corrected chi connectivity index (χ2v) is 4.94. The van der Waals surface area contributed by atoms with E-state index in [1.807, 2.05) is 12.1 Å². The summed E-state index contributed by atoms with van der Waals surface area (Å²) in [6.45, 7) is 10.5. The van der Waals surface area contributed by atoms with Crippen molar-refractivity contribution in [1.82, 2.24) is 5.32 Å². The SMILES string of the molecule is C=CCOc1cc2c(cc1CNCC(C)C)OCO2. The summed E-state index contributed by atoms with van der Waals surface area (Å²) in [5.41, 5.74) is 1.08. The lowest BCUT2D eigenvalue weighted by molar-refractivity contribution is 0.174. The normalized spacial score (nSPS) is 12.8. The smallest absolute Gasteiger partial charge is 0.231 e. The van der Waals surface area contributed by atoms with Gasteiger partial charge in [0.25, 0.3) is 0 Å². The molecule has 0 radical (unpaired) electrons. The fourth-order valence-corrected chi connectivity index (χ4v) is 1.88. The first-order valence-corrected chi connectivity index (χ1v) is 6.57. The maximum Gasteiger partial charge on any atom is 0.231 e. The summed E-state index contributed by atoms with van der Waals surface area (Å²) in [7, 11) is 0. The fourth-order valence-electron chi connectivity index (χ4n) is 1.88. The number of benzene rings is 1. The molecule has 1 aromatic carbocycles. The quantitative estimate of drug-likeness (QED) is 0.768. The Hall–Kier alpha value is -1.68. The zero-order valence-corrected chi connectivity index (χ0v) is 11.6. The van der Waals surface area contributed by atoms with Gasteiger partial charge in [0.15, 0.2) is 11.5 Å². The summed E-state index contributed by atoms with van der Waals surface area (Å²) >= 11 is 0. The van der Waals surface area contributed by atoms with E-state index in [0.717, 1.165) is 35.9 Å². The van der Waals surface area contributed by atoms with Crippen LogP contribution in [0.2, 0.25) is 0 Å². The van der Waals surface area contributed by atoms with Crippen molar-refractivity contribution in [2.24, 2.45) is 5.92 Å². The van der Waals surface area contributed by atoms with Gasteiger partial charge in [-0.2, -0.15) is 0 Å². The number of hydrogen-bond acceptors (Lipinski definition) is 4. The monoisotopic (exact) mass is 263 g/mol. The number of nitrogens with one attached hydrogen (secondary N) is 1. The van der Waals surface area contributed by atoms with Crippen molar-refractivity contribution in [3.05, 3.63) is 30.4 Å². The van der Waals surface area contributed by atoms with Crippen molar-refractivity contribution in [3.8, 4) is 17.2 Å². The molecule has 0 aliphatic carbocycles. The molecule has 0 amide bonds. The highest BCUT2D eigenvalue weighted by molar-refractivity contribution is 5.51. The van der Waals surface area contributed by atoms with Crippen molar-refractivity contribution in [2.75, 3.05) is 19.9 Å². The Morgan fingerprint density at radius 3 is 2.79 bits per heavy atom. The van der Waals surface area contributed by atoms with Gasteiger partial charge in [-0.05, 0) is 18.5 Å². The Morgan fingerprint density at radius 1 is 1.37 bits per heavy atom. The summed E-state index contributed by atoms with van der Waals surface area (Å²) in [5.74, 6) is 2.96. The van der Waals surface area contributed by atoms with E-state index in [-0.39, 0.29) is 6.79 Å². The van der Waals surface area contributed by atoms with Crippen LogP contribution in [-0.4, -0.2) is 19.9 Å². The van der Waals surface area contributed by atoms with Crippen molar-refractivity contribution >= 4 is 0 Å². The van der Waals surface area contributed by atoms with Crippen LogP contribution in [0.15, 0.2) is 24.8 Å². The van der Waals surface area contributed by atoms with Crippen LogP contribution in [0.3, 0.4) is 0 Å². The molecule has 0 saturated carbocycles. The lowest BCUT2D eigenvalue weighted by atomic mass is 10.1. The molecule has 1 aromatic rings. The summed E-state index contributed by atoms with van der Waals surface area (Å²) in [4.78, 5) is 0. The van der Waals surface area contributed by atoms with Gasteiger partial charge in [0.05, 0.1) is 0 Å². The summed E-state index contributed by atoms with van der Waals surface area (Å²) in [5, 5.41) is 3.41. The molecule has 0 atom stereocenters. The maximum atomic E-state index is 5.68. The van der Waals surface area contributed by atoms with Gasteiger partial charge in [0.1, 0.15) is 12.4 Å². The first-order valence-electron chi connectivity index (χ1n) is 6.57. The maximum absolute atomic E-state index is 5.68. The van der Waals surface area contributed by atoms with E-state index in [2.05, 4.69) is 25.7 Å². The number of rotatable bonds is 7. The third kappa shape index (κ3) is 3.64. The zero-order chi connectivity index (χ0) is 13.7. The first-order chi connectivity index (χ1) is 9.20. The molecule has 4 nitrogen and oxygen atoms in total. The van der Waals surface area contributed by atoms with Gasteiger partial charge in [-0.1, -0.05) is 26.5 Å². The van der Waals surface area contributed by atoms with Crippen molar-refractivity contribution in [1.29, 1.82) is 0 Å². The van der Waals surface area contributed by atoms with Crippen LogP contribution in [-0.2, 0) is 6.54 Å². The Labute approximate surface area is 114 Å². The number of hydrogen-bond donors (Lipinski definition) is 1. The third-order valence-electron chi connectivity index (χ3n) is 2.78. The molecule has 19 heavy (non-hydrogen) atoms. The van der Waals surface area contributed by atoms with Gasteiger partial charge >= 0.3 is 0 Å². The van der Waals surface area contributed by atoms with E-state index in [0.29, 0.717) is 12.5 Å². The van der Waals surface area contributed by atoms with Gasteiger partial charge in [0.2, 0.25) is 6.79 Å². The summed E-state index contributed by atoms with van der Waals surface area (Å²) in [6.07, 6.45) is 1.73. The van der Waals surface area contributed by atoms with E-state index in [1.165, 1.54) is 0 Å². The highest BCUT2D eigenvalue weighted by atomic mass is 16.7. The molecule has 104 valence electrons. The van der Waals surface area contributed by atoms with Crippen LogP contribution < -0.4 is 19.5 Å². The Morgan fingerprint density at radius 2 is 2.11 bits per heavy atom. The van der Waals surface area contributed by atoms with E-state index in [4.69, 9.17) is 14.2 Å². The standard InChI is InChI=1S/C15H21NO3/c1-4-5-17-13-7-15-14(18-10-19-15)6-12(13)9-16-8-11(2)3/h4,6-7,11,16H,1,5,8-10H2,2-3H3. The largest absolute Gasteiger partial charge is 0.489 e. The molecule has 0 bridgehead atoms. The first kappa shape index (κ1) is 13.7. The Bertz CT molecular complexity index is 443. The highest BCUT2D eigenvalue weighted by Gasteiger charge is 2.17. The third-order valence-corrected chi connectivity index (χ3v) is 2.78. The molecule has 1 heterocycles. The van der Waals surface area contributed by atoms with E-state index < -0.39 is 0 Å². The molecular weight excluding hydrogens is 242 g/mol. The molecule has 1 aliphatic rings. The minimum atomic E-state index is 0.277. The van der Waals surface area contributed by atoms with E-state index in [9.17, 15) is 0 Å². The van der Waals surface area contributed by atoms with Gasteiger partial charge in [-0.15, -0.1) is 0 Å². The van der Waals surface area contributed by atoms with Crippen molar-refractivity contribution < 1.29 is 14.2 Å². The van der Waals surface area contributed by atoms with Crippen molar-refractivity contribution in [2.45, 2.75) is 20.4 Å². The van der Waals surface area contributed by atoms with Crippen LogP contribution in [0.5, 0.6) is 17.2 Å². The van der Waals surface area contributed by atoms with Crippen LogP contribution in [0.25, 0.3) is 0 Å². The van der Waals surface area contributed by atoms with E-state index >= 15 is 0 Å². The molecule has 2 rings (SSSR count). The van der Waals surface area contributed by atoms with Crippen LogP contribution >= 0.6 is 0 Å². The number of ether oxygens (including phenoxy) is 3. The van der Waals surface area contributed by atoms with Crippen LogP contribution in [0, 0.1) is 5.92 Å². The predicted molar refractivity (Wildman–Crippen MR) is 74.8 cm³/mol. The molecule has 0 aromatic heterocycles. The average Bonchev–Trinajstić information content (AvgIpc) is 2.82. The summed E-state index contributed by atoms with van der Waals surface area (Å²) < 4.78 is 16.4. The molecule has 4 heteroatoms. The molecule has 1 aliphatic heterocycles. The minimum Gasteiger partial charge on any atom is -0.489 e. The number of fused-ring (bicyclic) bond motifs is 1. The molecule has 0 saturated heterocycles. The minimum absolute atomic E-state index is 0.277. The predicted octanol–water partition coefficient (Wildman–Crippen LogP) is 2.73. The Balaban J connectivity index is 2.11. The molecular formula is C15H21NO3. The lowest BCUT2D eigenvalue weighted by Gasteiger charge is -2.13. The lowest BCUT2D eigenvalue weighted by Crippen LogP contribution is -2.19. The van der Waals surface area contributed by atoms with E-state index in [1.54, 1.807) is 6.08 Å². The molecule has 0 fully saturated rings. The highest BCUT2D eigenvalue weighted by Crippen LogP contribution is 2.38. The summed E-state index contributed by atoms with van der Waals surface area (Å²) in [6, 6.07) is 3.87. The van der Waals surface area contributed by atoms with Crippen molar-refractivity contribution in [3.63, 3.8) is 0 Å². The van der Waals surface area contributed by atoms with Gasteiger partial charge in [-0.25, -0.2) is 0 Å². The van der Waals surface area contributed by atoms with Gasteiger partial charge in [0, 0.05) is 18.2 Å². The van der Waals surface area contributed by atoms with Crippen LogP contribution in [0.1, 0.15) is 19.4 Å². The second-order valence-electron chi connectivity index (χ2n) is 4.94. The zero-order valence-electron chi connectivity index (χ0n) is 11.6. The molecule has 1 N–H and O–H groups in total. The second kappa shape index (κ2) is 6.48. The molecule has 0 spiro atoms. The van der Waals surface area contributed by atoms with Crippen LogP contribution in [0.4, 0.5) is 0 Å². The fraction of sp³-hybridized carbons (Fsp3) is 0.467. The Kier molecular flexibility index (Phi) is 4.68. The topological polar surface area (TPSA) is 39.7 Å². The molecule has 0 unspecified atom stereocenters. The average molecular weight is 263 g/mol. The van der Waals surface area contributed by atoms with Gasteiger partial charge < -0.3 is 19.5 Å².